The van der Waals surface area contributed by atoms with E-state index in [1.165, 1.54) is 0 Å². The van der Waals surface area contributed by atoms with Crippen molar-refractivity contribution in [1.29, 1.82) is 0 Å². The van der Waals surface area contributed by atoms with Crippen molar-refractivity contribution in [2.45, 2.75) is 51.6 Å². The van der Waals surface area contributed by atoms with Crippen molar-refractivity contribution in [2.75, 3.05) is 4.90 Å². The van der Waals surface area contributed by atoms with Gasteiger partial charge in [-0.3, -0.25) is 9.79 Å². The zero-order valence-electron chi connectivity index (χ0n) is 17.1. The molecular weight excluding hydrogens is 400 g/mol. The van der Waals surface area contributed by atoms with Gasteiger partial charge in [-0.15, -0.1) is 0 Å². The van der Waals surface area contributed by atoms with Crippen LogP contribution in [0.5, 0.6) is 11.6 Å². The summed E-state index contributed by atoms with van der Waals surface area (Å²) >= 11 is 5.98. The second kappa shape index (κ2) is 8.48. The Balaban J connectivity index is 1.83. The summed E-state index contributed by atoms with van der Waals surface area (Å²) in [5.74, 6) is 1.09. The number of allylic oxidation sites excluding steroid dienone is 1. The Labute approximate surface area is 181 Å². The lowest BCUT2D eigenvalue weighted by Crippen LogP contribution is -2.40. The van der Waals surface area contributed by atoms with Crippen LogP contribution in [-0.4, -0.2) is 29.2 Å². The maximum Gasteiger partial charge on any atom is 0.224 e. The number of anilines is 1. The van der Waals surface area contributed by atoms with Crippen LogP contribution in [0.25, 0.3) is 5.57 Å². The molecule has 0 unspecified atom stereocenters. The lowest BCUT2D eigenvalue weighted by molar-refractivity contribution is -0.117. The first-order valence-electron chi connectivity index (χ1n) is 10.2. The second-order valence-corrected chi connectivity index (χ2v) is 8.20. The van der Waals surface area contributed by atoms with Crippen molar-refractivity contribution in [2.24, 2.45) is 10.7 Å². The van der Waals surface area contributed by atoms with Crippen LogP contribution in [0.2, 0.25) is 5.02 Å². The fourth-order valence-corrected chi connectivity index (χ4v) is 3.88. The number of carbonyl (C=O) groups excluding carboxylic acids is 1. The Bertz CT molecular complexity index is 1010. The molecule has 30 heavy (non-hydrogen) atoms. The smallest absolute Gasteiger partial charge is 0.224 e. The number of fused-ring (bicyclic) bond motifs is 1. The molecule has 2 N–H and O–H groups in total. The molecule has 2 heterocycles. The molecule has 0 spiro atoms. The SMILES string of the molecule is CC(=O)N1c2ccc(C(C=NC3CC3)=CN)c(Oc3ccc(Cl)cn3)c2CC[C@@H]1C. The lowest BCUT2D eigenvalue weighted by Gasteiger charge is -2.36. The summed E-state index contributed by atoms with van der Waals surface area (Å²) < 4.78 is 6.27. The van der Waals surface area contributed by atoms with Crippen molar-refractivity contribution >= 4 is 35.0 Å². The summed E-state index contributed by atoms with van der Waals surface area (Å²) in [7, 11) is 0. The molecule has 1 aliphatic heterocycles. The summed E-state index contributed by atoms with van der Waals surface area (Å²) in [5, 5.41) is 0.536. The number of carbonyl (C=O) groups is 1. The number of benzene rings is 1. The molecule has 1 aliphatic carbocycles. The van der Waals surface area contributed by atoms with Crippen LogP contribution in [0, 0.1) is 0 Å². The Kier molecular flexibility index (Phi) is 5.77. The van der Waals surface area contributed by atoms with Crippen LogP contribution < -0.4 is 15.4 Å². The molecule has 0 saturated heterocycles. The molecule has 4 rings (SSSR count). The number of aromatic nitrogens is 1. The highest BCUT2D eigenvalue weighted by Crippen LogP contribution is 2.42. The van der Waals surface area contributed by atoms with E-state index < -0.39 is 0 Å². The molecule has 1 amide bonds. The van der Waals surface area contributed by atoms with Gasteiger partial charge in [0, 0.05) is 54.3 Å². The third-order valence-corrected chi connectivity index (χ3v) is 5.68. The number of nitrogens with two attached hydrogens (primary N) is 1. The molecule has 2 aliphatic rings. The van der Waals surface area contributed by atoms with E-state index in [0.717, 1.165) is 48.1 Å². The van der Waals surface area contributed by atoms with Gasteiger partial charge in [0.1, 0.15) is 5.75 Å². The van der Waals surface area contributed by atoms with E-state index in [0.29, 0.717) is 22.7 Å². The maximum absolute atomic E-state index is 12.3. The van der Waals surface area contributed by atoms with Crippen LogP contribution in [0.1, 0.15) is 44.2 Å². The number of rotatable bonds is 5. The quantitative estimate of drug-likeness (QED) is 0.702. The minimum atomic E-state index is 0.0108. The van der Waals surface area contributed by atoms with E-state index in [1.807, 2.05) is 23.2 Å². The molecule has 0 bridgehead atoms. The van der Waals surface area contributed by atoms with Gasteiger partial charge < -0.3 is 15.4 Å². The van der Waals surface area contributed by atoms with Crippen molar-refractivity contribution in [3.05, 3.63) is 52.8 Å². The van der Waals surface area contributed by atoms with Crippen LogP contribution in [0.3, 0.4) is 0 Å². The molecule has 1 fully saturated rings. The maximum atomic E-state index is 12.3. The highest BCUT2D eigenvalue weighted by Gasteiger charge is 2.30. The first-order valence-corrected chi connectivity index (χ1v) is 10.6. The lowest BCUT2D eigenvalue weighted by atomic mass is 9.92. The Morgan fingerprint density at radius 2 is 2.10 bits per heavy atom. The molecule has 1 saturated carbocycles. The zero-order chi connectivity index (χ0) is 21.3. The number of amides is 1. The first kappa shape index (κ1) is 20.4. The standard InChI is InChI=1S/C23H25ClN4O2/c1-14-3-7-20-21(28(14)15(2)29)9-8-19(16(11-25)12-26-18-5-6-18)23(20)30-22-10-4-17(24)13-27-22/h4,8-14,18H,3,5-7,25H2,1-2H3/t14-/m0/s1. The van der Waals surface area contributed by atoms with E-state index in [1.54, 1.807) is 31.5 Å². The highest BCUT2D eigenvalue weighted by molar-refractivity contribution is 6.30. The van der Waals surface area contributed by atoms with Crippen molar-refractivity contribution < 1.29 is 9.53 Å². The number of hydrogen-bond donors (Lipinski definition) is 1. The summed E-state index contributed by atoms with van der Waals surface area (Å²) in [5.41, 5.74) is 9.40. The van der Waals surface area contributed by atoms with Gasteiger partial charge in [-0.05, 0) is 50.8 Å². The van der Waals surface area contributed by atoms with Gasteiger partial charge in [-0.2, -0.15) is 0 Å². The summed E-state index contributed by atoms with van der Waals surface area (Å²) in [6.07, 6.45) is 8.76. The van der Waals surface area contributed by atoms with Crippen LogP contribution >= 0.6 is 11.6 Å². The molecule has 1 aromatic heterocycles. The van der Waals surface area contributed by atoms with Gasteiger partial charge >= 0.3 is 0 Å². The van der Waals surface area contributed by atoms with Crippen LogP contribution in [-0.2, 0) is 11.2 Å². The van der Waals surface area contributed by atoms with Crippen LogP contribution in [0.15, 0.2) is 41.7 Å². The van der Waals surface area contributed by atoms with E-state index in [2.05, 4.69) is 16.9 Å². The highest BCUT2D eigenvalue weighted by atomic mass is 35.5. The first-order chi connectivity index (χ1) is 14.5. The van der Waals surface area contributed by atoms with Gasteiger partial charge in [0.2, 0.25) is 11.8 Å². The monoisotopic (exact) mass is 424 g/mol. The molecule has 6 nitrogen and oxygen atoms in total. The molecule has 1 atom stereocenters. The number of aliphatic imine (C=N–C) groups is 1. The van der Waals surface area contributed by atoms with Gasteiger partial charge in [-0.25, -0.2) is 4.98 Å². The Morgan fingerprint density at radius 3 is 2.73 bits per heavy atom. The fourth-order valence-electron chi connectivity index (χ4n) is 3.77. The molecular formula is C23H25ClN4O2. The van der Waals surface area contributed by atoms with Crippen LogP contribution in [0.4, 0.5) is 5.69 Å². The number of pyridine rings is 1. The minimum absolute atomic E-state index is 0.0108. The number of halogens is 1. The van der Waals surface area contributed by atoms with Crippen molar-refractivity contribution in [1.82, 2.24) is 4.98 Å². The van der Waals surface area contributed by atoms with E-state index in [4.69, 9.17) is 22.1 Å². The third kappa shape index (κ3) is 4.19. The fraction of sp³-hybridized carbons (Fsp3) is 0.348. The van der Waals surface area contributed by atoms with Gasteiger partial charge in [-0.1, -0.05) is 11.6 Å². The minimum Gasteiger partial charge on any atom is -0.438 e. The van der Waals surface area contributed by atoms with Gasteiger partial charge in [0.25, 0.3) is 0 Å². The molecule has 156 valence electrons. The van der Waals surface area contributed by atoms with E-state index >= 15 is 0 Å². The third-order valence-electron chi connectivity index (χ3n) is 5.46. The number of hydrogen-bond acceptors (Lipinski definition) is 5. The average molecular weight is 425 g/mol. The van der Waals surface area contributed by atoms with Gasteiger partial charge in [0.05, 0.1) is 16.8 Å². The topological polar surface area (TPSA) is 80.8 Å². The molecule has 0 radical (unpaired) electrons. The predicted octanol–water partition coefficient (Wildman–Crippen LogP) is 4.75. The second-order valence-electron chi connectivity index (χ2n) is 7.76. The largest absolute Gasteiger partial charge is 0.438 e. The number of nitrogens with zero attached hydrogens (tertiary/aromatic N) is 3. The Hall–Kier alpha value is -2.86. The van der Waals surface area contributed by atoms with Crippen molar-refractivity contribution in [3.63, 3.8) is 0 Å². The predicted molar refractivity (Wildman–Crippen MR) is 120 cm³/mol. The van der Waals surface area contributed by atoms with E-state index in [9.17, 15) is 4.79 Å². The summed E-state index contributed by atoms with van der Waals surface area (Å²) in [6, 6.07) is 7.88. The number of ether oxygens (including phenoxy) is 1. The zero-order valence-corrected chi connectivity index (χ0v) is 17.9. The molecule has 1 aromatic carbocycles. The Morgan fingerprint density at radius 1 is 1.30 bits per heavy atom. The summed E-state index contributed by atoms with van der Waals surface area (Å²) in [6.45, 7) is 3.65. The molecule has 2 aromatic rings. The molecule has 7 heteroatoms. The summed E-state index contributed by atoms with van der Waals surface area (Å²) in [4.78, 5) is 23.0. The van der Waals surface area contributed by atoms with Crippen molar-refractivity contribution in [3.8, 4) is 11.6 Å². The van der Waals surface area contributed by atoms with Gasteiger partial charge in [0.15, 0.2) is 0 Å². The van der Waals surface area contributed by atoms with E-state index in [-0.39, 0.29) is 11.9 Å². The normalized spacial score (nSPS) is 19.1. The average Bonchev–Trinajstić information content (AvgIpc) is 3.55.